The Morgan fingerprint density at radius 2 is 1.94 bits per heavy atom. The van der Waals surface area contributed by atoms with Crippen molar-refractivity contribution in [3.8, 4) is 0 Å². The van der Waals surface area contributed by atoms with Crippen LogP contribution >= 0.6 is 11.6 Å². The van der Waals surface area contributed by atoms with E-state index in [4.69, 9.17) is 20.9 Å². The summed E-state index contributed by atoms with van der Waals surface area (Å²) in [7, 11) is 0. The molecule has 0 radical (unpaired) electrons. The van der Waals surface area contributed by atoms with Gasteiger partial charge in [0.2, 0.25) is 5.91 Å². The number of fused-ring (bicyclic) bond motifs is 1. The van der Waals surface area contributed by atoms with Crippen LogP contribution in [0.3, 0.4) is 0 Å². The molecule has 3 fully saturated rings. The van der Waals surface area contributed by atoms with E-state index in [1.54, 1.807) is 0 Å². The number of likely N-dealkylation sites (tertiary alicyclic amines) is 1. The number of halogens is 2. The lowest BCUT2D eigenvalue weighted by Gasteiger charge is -2.34. The van der Waals surface area contributed by atoms with Crippen molar-refractivity contribution in [3.05, 3.63) is 28.7 Å². The van der Waals surface area contributed by atoms with Crippen LogP contribution < -0.4 is 5.32 Å². The average molecular weight is 492 g/mol. The van der Waals surface area contributed by atoms with E-state index >= 15 is 0 Å². The van der Waals surface area contributed by atoms with Crippen LogP contribution in [0, 0.1) is 11.7 Å². The molecule has 3 aliphatic rings. The van der Waals surface area contributed by atoms with E-state index < -0.39 is 5.82 Å². The fourth-order valence-electron chi connectivity index (χ4n) is 5.94. The van der Waals surface area contributed by atoms with Gasteiger partial charge in [-0.15, -0.1) is 0 Å². The van der Waals surface area contributed by atoms with Crippen molar-refractivity contribution in [2.75, 3.05) is 26.2 Å². The Kier molecular flexibility index (Phi) is 7.71. The lowest BCUT2D eigenvalue weighted by Crippen LogP contribution is -2.39. The molecular weight excluding hydrogens is 457 g/mol. The highest BCUT2D eigenvalue weighted by molar-refractivity contribution is 6.31. The lowest BCUT2D eigenvalue weighted by molar-refractivity contribution is -0.124. The number of hydrogen-bond acceptors (Lipinski definition) is 5. The molecule has 8 heteroatoms. The first-order valence-electron chi connectivity index (χ1n) is 12.9. The molecule has 1 N–H and O–H groups in total. The maximum absolute atomic E-state index is 13.9. The predicted octanol–water partition coefficient (Wildman–Crippen LogP) is 5.43. The summed E-state index contributed by atoms with van der Waals surface area (Å²) in [5, 5.41) is 8.30. The van der Waals surface area contributed by atoms with Crippen molar-refractivity contribution in [1.29, 1.82) is 0 Å². The molecule has 5 rings (SSSR count). The minimum Gasteiger partial charge on any atom is -0.378 e. The van der Waals surface area contributed by atoms with E-state index in [0.717, 1.165) is 81.8 Å². The second kappa shape index (κ2) is 10.9. The summed E-state index contributed by atoms with van der Waals surface area (Å²) < 4.78 is 24.9. The summed E-state index contributed by atoms with van der Waals surface area (Å²) in [5.74, 6) is 0.778. The van der Waals surface area contributed by atoms with Gasteiger partial charge >= 0.3 is 0 Å². The van der Waals surface area contributed by atoms with Crippen molar-refractivity contribution in [3.63, 3.8) is 0 Å². The highest BCUT2D eigenvalue weighted by Crippen LogP contribution is 2.35. The highest BCUT2D eigenvalue weighted by atomic mass is 35.5. The van der Waals surface area contributed by atoms with E-state index in [1.807, 2.05) is 0 Å². The Morgan fingerprint density at radius 1 is 1.15 bits per heavy atom. The van der Waals surface area contributed by atoms with Crippen LogP contribution in [0.5, 0.6) is 0 Å². The quantitative estimate of drug-likeness (QED) is 0.559. The molecule has 3 heterocycles. The van der Waals surface area contributed by atoms with E-state index in [-0.39, 0.29) is 17.0 Å². The third-order valence-electron chi connectivity index (χ3n) is 8.02. The third kappa shape index (κ3) is 5.74. The number of nitrogens with zero attached hydrogens (tertiary/aromatic N) is 2. The maximum atomic E-state index is 13.9. The number of benzene rings is 1. The largest absolute Gasteiger partial charge is 0.378 e. The SMILES string of the molecule is O=C(CC1CCCO1)N[C@H]1CC[C@H](CCN2CCC(c3noc4cc(Cl)c(F)cc34)CC2)CC1. The van der Waals surface area contributed by atoms with Crippen LogP contribution in [0.1, 0.15) is 75.8 Å². The van der Waals surface area contributed by atoms with Crippen LogP contribution in [0.25, 0.3) is 11.0 Å². The van der Waals surface area contributed by atoms with Gasteiger partial charge in [-0.2, -0.15) is 0 Å². The first-order chi connectivity index (χ1) is 16.5. The van der Waals surface area contributed by atoms with Crippen molar-refractivity contribution in [1.82, 2.24) is 15.4 Å². The number of hydrogen-bond donors (Lipinski definition) is 1. The Bertz CT molecular complexity index is 977. The third-order valence-corrected chi connectivity index (χ3v) is 8.31. The highest BCUT2D eigenvalue weighted by Gasteiger charge is 2.28. The number of piperidine rings is 1. The summed E-state index contributed by atoms with van der Waals surface area (Å²) in [5.41, 5.74) is 1.42. The van der Waals surface area contributed by atoms with Gasteiger partial charge in [0.15, 0.2) is 5.58 Å². The molecule has 2 aliphatic heterocycles. The second-order valence-corrected chi connectivity index (χ2v) is 10.8. The molecule has 34 heavy (non-hydrogen) atoms. The number of carbonyl (C=O) groups is 1. The van der Waals surface area contributed by atoms with Crippen molar-refractivity contribution in [2.24, 2.45) is 5.92 Å². The topological polar surface area (TPSA) is 67.6 Å². The van der Waals surface area contributed by atoms with Gasteiger partial charge in [0.25, 0.3) is 0 Å². The molecule has 1 unspecified atom stereocenters. The Morgan fingerprint density at radius 3 is 2.68 bits per heavy atom. The molecule has 1 aromatic carbocycles. The van der Waals surface area contributed by atoms with E-state index in [2.05, 4.69) is 15.4 Å². The van der Waals surface area contributed by atoms with E-state index in [9.17, 15) is 9.18 Å². The lowest BCUT2D eigenvalue weighted by atomic mass is 9.83. The molecule has 1 saturated carbocycles. The smallest absolute Gasteiger partial charge is 0.222 e. The molecule has 2 saturated heterocycles. The Balaban J connectivity index is 1.01. The van der Waals surface area contributed by atoms with Crippen LogP contribution in [0.2, 0.25) is 5.02 Å². The van der Waals surface area contributed by atoms with E-state index in [0.29, 0.717) is 24.0 Å². The number of carbonyl (C=O) groups excluding carboxylic acids is 1. The fourth-order valence-corrected chi connectivity index (χ4v) is 6.09. The molecule has 1 atom stereocenters. The number of ether oxygens (including phenoxy) is 1. The van der Waals surface area contributed by atoms with Crippen molar-refractivity contribution in [2.45, 2.75) is 82.3 Å². The van der Waals surface area contributed by atoms with Gasteiger partial charge in [0.1, 0.15) is 5.82 Å². The Hall–Kier alpha value is -1.70. The molecule has 6 nitrogen and oxygen atoms in total. The first kappa shape index (κ1) is 24.0. The zero-order valence-electron chi connectivity index (χ0n) is 19.7. The van der Waals surface area contributed by atoms with E-state index in [1.165, 1.54) is 31.4 Å². The zero-order valence-corrected chi connectivity index (χ0v) is 20.5. The van der Waals surface area contributed by atoms with Gasteiger partial charge in [-0.05, 0) is 89.4 Å². The second-order valence-electron chi connectivity index (χ2n) is 10.4. The number of aromatic nitrogens is 1. The number of amides is 1. The number of nitrogens with one attached hydrogen (secondary N) is 1. The standard InChI is InChI=1S/C26H35ClFN3O3/c27-22-16-24-21(15-23(22)28)26(30-34-24)18-8-11-31(12-9-18)10-7-17-3-5-19(6-4-17)29-25(32)14-20-2-1-13-33-20/h15-20H,1-14H2,(H,29,32)/t17-,19-,20?. The summed E-state index contributed by atoms with van der Waals surface area (Å²) in [4.78, 5) is 14.8. The molecule has 0 bridgehead atoms. The summed E-state index contributed by atoms with van der Waals surface area (Å²) >= 11 is 5.87. The van der Waals surface area contributed by atoms with Gasteiger partial charge in [0, 0.05) is 30.0 Å². The molecule has 0 spiro atoms. The van der Waals surface area contributed by atoms with Gasteiger partial charge in [-0.25, -0.2) is 4.39 Å². The van der Waals surface area contributed by atoms with Crippen LogP contribution in [-0.2, 0) is 9.53 Å². The zero-order chi connectivity index (χ0) is 23.5. The van der Waals surface area contributed by atoms with Crippen LogP contribution in [-0.4, -0.2) is 54.4 Å². The predicted molar refractivity (Wildman–Crippen MR) is 129 cm³/mol. The van der Waals surface area contributed by atoms with Crippen molar-refractivity contribution >= 4 is 28.5 Å². The molecule has 1 aromatic heterocycles. The summed E-state index contributed by atoms with van der Waals surface area (Å²) in [6.45, 7) is 3.98. The Labute approximate surface area is 205 Å². The van der Waals surface area contributed by atoms with Crippen LogP contribution in [0.4, 0.5) is 4.39 Å². The molecular formula is C26H35ClFN3O3. The fraction of sp³-hybridized carbons (Fsp3) is 0.692. The van der Waals surface area contributed by atoms with Crippen LogP contribution in [0.15, 0.2) is 16.7 Å². The summed E-state index contributed by atoms with van der Waals surface area (Å²) in [6, 6.07) is 3.30. The molecule has 186 valence electrons. The number of rotatable bonds is 7. The molecule has 2 aromatic rings. The first-order valence-corrected chi connectivity index (χ1v) is 13.3. The molecule has 1 aliphatic carbocycles. The van der Waals surface area contributed by atoms with Gasteiger partial charge in [-0.3, -0.25) is 4.79 Å². The minimum absolute atomic E-state index is 0.0695. The molecule has 1 amide bonds. The minimum atomic E-state index is -0.423. The van der Waals surface area contributed by atoms with Gasteiger partial charge in [0.05, 0.1) is 23.2 Å². The summed E-state index contributed by atoms with van der Waals surface area (Å²) in [6.07, 6.45) is 10.5. The van der Waals surface area contributed by atoms with Gasteiger partial charge < -0.3 is 19.5 Å². The van der Waals surface area contributed by atoms with Crippen molar-refractivity contribution < 1.29 is 18.4 Å². The average Bonchev–Trinajstić information content (AvgIpc) is 3.49. The normalized spacial score (nSPS) is 26.8. The maximum Gasteiger partial charge on any atom is 0.222 e. The monoisotopic (exact) mass is 491 g/mol. The van der Waals surface area contributed by atoms with Gasteiger partial charge in [-0.1, -0.05) is 16.8 Å².